The van der Waals surface area contributed by atoms with Crippen LogP contribution in [0.5, 0.6) is 11.5 Å². The van der Waals surface area contributed by atoms with E-state index >= 15 is 0 Å². The fourth-order valence-electron chi connectivity index (χ4n) is 2.20. The van der Waals surface area contributed by atoms with E-state index in [9.17, 15) is 0 Å². The number of benzene rings is 1. The molecule has 0 saturated heterocycles. The van der Waals surface area contributed by atoms with Crippen LogP contribution in [-0.2, 0) is 13.1 Å². The molecule has 0 amide bonds. The minimum absolute atomic E-state index is 0.566. The summed E-state index contributed by atoms with van der Waals surface area (Å²) in [7, 11) is 8.00. The normalized spacial score (nSPS) is 20.6. The van der Waals surface area contributed by atoms with Crippen molar-refractivity contribution in [1.82, 2.24) is 9.57 Å². The monoisotopic (exact) mass is 374 g/mol. The van der Waals surface area contributed by atoms with Crippen molar-refractivity contribution in [1.29, 1.82) is 0 Å². The van der Waals surface area contributed by atoms with Crippen molar-refractivity contribution in [2.45, 2.75) is 13.1 Å². The van der Waals surface area contributed by atoms with Crippen LogP contribution in [0.3, 0.4) is 0 Å². The third kappa shape index (κ3) is 2.43. The van der Waals surface area contributed by atoms with Crippen LogP contribution in [-0.4, -0.2) is 37.1 Å². The predicted octanol–water partition coefficient (Wildman–Crippen LogP) is 2.45. The summed E-state index contributed by atoms with van der Waals surface area (Å²) in [6.07, 6.45) is 0. The molecule has 4 nitrogen and oxygen atoms in total. The number of ether oxygens (including phenoxy) is 2. The molecule has 0 saturated carbocycles. The van der Waals surface area contributed by atoms with E-state index in [1.54, 1.807) is 0 Å². The summed E-state index contributed by atoms with van der Waals surface area (Å²) in [5.41, 5.74) is 2.43. The summed E-state index contributed by atoms with van der Waals surface area (Å²) in [6, 6.07) is 4.20. The van der Waals surface area contributed by atoms with Gasteiger partial charge in [-0.3, -0.25) is 0 Å². The molecule has 94 valence electrons. The minimum atomic E-state index is -0.626. The molecular weight excluding hydrogens is 361 g/mol. The van der Waals surface area contributed by atoms with Gasteiger partial charge in [0, 0.05) is 0 Å². The number of fused-ring (bicyclic) bond motifs is 2. The van der Waals surface area contributed by atoms with E-state index in [2.05, 4.69) is 44.7 Å². The second kappa shape index (κ2) is 5.08. The predicted molar refractivity (Wildman–Crippen MR) is 81.1 cm³/mol. The molecule has 0 bridgehead atoms. The van der Waals surface area contributed by atoms with E-state index in [-0.39, 0.29) is 0 Å². The van der Waals surface area contributed by atoms with Crippen molar-refractivity contribution in [2.24, 2.45) is 0 Å². The number of hydrogen-bond donors (Lipinski definition) is 0. The van der Waals surface area contributed by atoms with Crippen LogP contribution in [0.15, 0.2) is 12.1 Å². The van der Waals surface area contributed by atoms with Crippen molar-refractivity contribution in [3.8, 4) is 11.5 Å². The molecule has 2 heterocycles. The Kier molecular flexibility index (Phi) is 3.62. The molecular formula is C11H13BIN2O2P. The summed E-state index contributed by atoms with van der Waals surface area (Å²) in [5, 5.41) is -0.626. The Morgan fingerprint density at radius 3 is 2.56 bits per heavy atom. The van der Waals surface area contributed by atoms with Crippen molar-refractivity contribution in [2.75, 3.05) is 20.5 Å². The van der Waals surface area contributed by atoms with Gasteiger partial charge in [-0.1, -0.05) is 0 Å². The molecule has 0 N–H and O–H groups in total. The average Bonchev–Trinajstić information content (AvgIpc) is 2.35. The maximum atomic E-state index is 5.95. The van der Waals surface area contributed by atoms with Crippen LogP contribution >= 0.6 is 27.1 Å². The Balaban J connectivity index is 1.94. The Labute approximate surface area is 121 Å². The molecule has 7 heteroatoms. The van der Waals surface area contributed by atoms with Gasteiger partial charge in [-0.25, -0.2) is 0 Å². The third-order valence-electron chi connectivity index (χ3n) is 3.12. The zero-order valence-corrected chi connectivity index (χ0v) is 13.1. The summed E-state index contributed by atoms with van der Waals surface area (Å²) >= 11 is 2.26. The fraction of sp³-hybridized carbons (Fsp3) is 0.455. The molecule has 1 atom stereocenters. The second-order valence-electron chi connectivity index (χ2n) is 4.58. The van der Waals surface area contributed by atoms with Crippen LogP contribution in [0.1, 0.15) is 11.1 Å². The van der Waals surface area contributed by atoms with Gasteiger partial charge in [-0.15, -0.1) is 0 Å². The summed E-state index contributed by atoms with van der Waals surface area (Å²) in [5.74, 6) is 1.88. The van der Waals surface area contributed by atoms with Gasteiger partial charge in [-0.2, -0.15) is 0 Å². The van der Waals surface area contributed by atoms with Gasteiger partial charge in [0.05, 0.1) is 0 Å². The number of rotatable bonds is 0. The van der Waals surface area contributed by atoms with Crippen molar-refractivity contribution in [3.63, 3.8) is 0 Å². The molecule has 2 aliphatic rings. The quantitative estimate of drug-likeness (QED) is 0.396. The van der Waals surface area contributed by atoms with E-state index < -0.39 is 5.03 Å². The molecule has 0 aliphatic carbocycles. The van der Waals surface area contributed by atoms with Gasteiger partial charge >= 0.3 is 121 Å². The van der Waals surface area contributed by atoms with E-state index in [1.165, 1.54) is 11.1 Å². The van der Waals surface area contributed by atoms with Crippen molar-refractivity contribution >= 4 is 34.1 Å². The first-order chi connectivity index (χ1) is 8.63. The Bertz CT molecular complexity index is 560. The van der Waals surface area contributed by atoms with Gasteiger partial charge in [0.15, 0.2) is 0 Å². The van der Waals surface area contributed by atoms with Crippen LogP contribution in [0.25, 0.3) is 0 Å². The van der Waals surface area contributed by atoms with E-state index in [1.807, 2.05) is 6.07 Å². The van der Waals surface area contributed by atoms with Gasteiger partial charge in [0.25, 0.3) is 0 Å². The topological polar surface area (TPSA) is 24.9 Å². The first-order valence-corrected chi connectivity index (χ1v) is 9.84. The number of nitrogens with zero attached hydrogens (tertiary/aromatic N) is 2. The molecule has 1 unspecified atom stereocenters. The van der Waals surface area contributed by atoms with E-state index in [0.29, 0.717) is 13.5 Å². The van der Waals surface area contributed by atoms with Crippen LogP contribution in [0, 0.1) is 0 Å². The SMILES string of the molecule is B#P(I)N1COc2cc3c(cc2C1)CN(C)CO3. The van der Waals surface area contributed by atoms with Gasteiger partial charge in [-0.05, 0) is 0 Å². The second-order valence-corrected chi connectivity index (χ2v) is 8.69. The summed E-state index contributed by atoms with van der Waals surface area (Å²) in [4.78, 5) is 2.14. The maximum absolute atomic E-state index is 5.95. The van der Waals surface area contributed by atoms with Gasteiger partial charge in [0.2, 0.25) is 0 Å². The molecule has 0 aromatic heterocycles. The Morgan fingerprint density at radius 1 is 1.17 bits per heavy atom. The van der Waals surface area contributed by atoms with Crippen molar-refractivity contribution < 1.29 is 9.47 Å². The zero-order chi connectivity index (χ0) is 12.7. The Hall–Kier alpha value is -0.165. The first kappa shape index (κ1) is 12.8. The zero-order valence-electron chi connectivity index (χ0n) is 10.1. The molecule has 0 spiro atoms. The van der Waals surface area contributed by atoms with Crippen molar-refractivity contribution in [3.05, 3.63) is 23.3 Å². The molecule has 1 aromatic carbocycles. The van der Waals surface area contributed by atoms with E-state index in [0.717, 1.165) is 24.6 Å². The molecule has 2 aliphatic heterocycles. The standard InChI is InChI=1S/C11H13BIN2O2P/c1-14-4-8-2-9-5-15(18(12)13)7-17-11(9)3-10(8)16-6-14/h2-3H,4-7H2,1H3. The number of halogens is 1. The first-order valence-electron chi connectivity index (χ1n) is 5.69. The summed E-state index contributed by atoms with van der Waals surface area (Å²) in [6.45, 7) is 2.98. The van der Waals surface area contributed by atoms with Crippen LogP contribution in [0.4, 0.5) is 0 Å². The van der Waals surface area contributed by atoms with Crippen LogP contribution < -0.4 is 9.47 Å². The van der Waals surface area contributed by atoms with E-state index in [4.69, 9.17) is 16.5 Å². The molecule has 18 heavy (non-hydrogen) atoms. The summed E-state index contributed by atoms with van der Waals surface area (Å²) < 4.78 is 13.6. The van der Waals surface area contributed by atoms with Crippen LogP contribution in [0.2, 0.25) is 0 Å². The van der Waals surface area contributed by atoms with Gasteiger partial charge < -0.3 is 0 Å². The third-order valence-corrected chi connectivity index (χ3v) is 5.74. The average molecular weight is 374 g/mol. The molecule has 0 radical (unpaired) electrons. The Morgan fingerprint density at radius 2 is 1.83 bits per heavy atom. The molecule has 3 rings (SSSR count). The van der Waals surface area contributed by atoms with Gasteiger partial charge in [0.1, 0.15) is 0 Å². The molecule has 0 fully saturated rings. The number of hydrogen-bond acceptors (Lipinski definition) is 4. The fourth-order valence-corrected chi connectivity index (χ4v) is 3.48. The molecule has 1 aromatic rings.